The average Bonchev–Trinajstić information content (AvgIpc) is 2.46. The van der Waals surface area contributed by atoms with Crippen LogP contribution in [0.25, 0.3) is 0 Å². The van der Waals surface area contributed by atoms with Crippen molar-refractivity contribution < 1.29 is 19.5 Å². The lowest BCUT2D eigenvalue weighted by atomic mass is 10.2. The Bertz CT molecular complexity index is 500. The van der Waals surface area contributed by atoms with Crippen molar-refractivity contribution in [3.63, 3.8) is 0 Å². The second-order valence-corrected chi connectivity index (χ2v) is 4.21. The Balaban J connectivity index is 2.42. The lowest BCUT2D eigenvalue weighted by molar-refractivity contribution is -0.142. The van der Waals surface area contributed by atoms with E-state index < -0.39 is 18.0 Å². The molecule has 0 radical (unpaired) electrons. The van der Waals surface area contributed by atoms with E-state index >= 15 is 0 Å². The molecule has 1 unspecified atom stereocenters. The molecule has 1 rings (SSSR count). The zero-order chi connectivity index (χ0) is 15.7. The van der Waals surface area contributed by atoms with Gasteiger partial charge >= 0.3 is 11.9 Å². The second kappa shape index (κ2) is 8.54. The summed E-state index contributed by atoms with van der Waals surface area (Å²) in [6.45, 7) is 0.306. The first kappa shape index (κ1) is 16.4. The molecular weight excluding hydrogens is 276 g/mol. The zero-order valence-corrected chi connectivity index (χ0v) is 11.4. The van der Waals surface area contributed by atoms with E-state index in [1.165, 1.54) is 0 Å². The van der Waals surface area contributed by atoms with Gasteiger partial charge in [0.15, 0.2) is 5.96 Å². The van der Waals surface area contributed by atoms with E-state index in [2.05, 4.69) is 10.5 Å². The highest BCUT2D eigenvalue weighted by Gasteiger charge is 2.19. The number of hydrogen-bond acceptors (Lipinski definition) is 5. The van der Waals surface area contributed by atoms with Gasteiger partial charge < -0.3 is 21.4 Å². The molecule has 0 saturated carbocycles. The molecule has 0 bridgehead atoms. The van der Waals surface area contributed by atoms with Gasteiger partial charge in [0.2, 0.25) is 0 Å². The summed E-state index contributed by atoms with van der Waals surface area (Å²) < 4.78 is 0. The van der Waals surface area contributed by atoms with Gasteiger partial charge in [0.05, 0.1) is 5.56 Å². The number of guanidine groups is 1. The van der Waals surface area contributed by atoms with Crippen LogP contribution in [0.4, 0.5) is 0 Å². The van der Waals surface area contributed by atoms with Gasteiger partial charge in [-0.05, 0) is 25.0 Å². The molecule has 21 heavy (non-hydrogen) atoms. The van der Waals surface area contributed by atoms with Gasteiger partial charge in [-0.3, -0.25) is 9.79 Å². The summed E-state index contributed by atoms with van der Waals surface area (Å²) in [4.78, 5) is 31.2. The molecular formula is C13H18N4O4. The number of aliphatic imine (C=N–C) groups is 1. The number of nitrogens with one attached hydrogen (secondary N) is 1. The van der Waals surface area contributed by atoms with E-state index in [9.17, 15) is 9.59 Å². The monoisotopic (exact) mass is 294 g/mol. The third kappa shape index (κ3) is 6.39. The van der Waals surface area contributed by atoms with Crippen LogP contribution in [-0.4, -0.2) is 35.6 Å². The summed E-state index contributed by atoms with van der Waals surface area (Å²) in [5.74, 6) is -1.82. The number of nitrogens with two attached hydrogens (primary N) is 2. The number of hydroxylamine groups is 1. The SMILES string of the molecule is NC(N)=NCCCC(NOC(=O)c1ccccc1)C(=O)O. The van der Waals surface area contributed by atoms with Crippen molar-refractivity contribution in [1.82, 2.24) is 5.48 Å². The minimum absolute atomic E-state index is 0.0506. The molecule has 0 aromatic heterocycles. The normalized spacial score (nSPS) is 11.4. The molecule has 0 fully saturated rings. The Kier molecular flexibility index (Phi) is 6.69. The first-order chi connectivity index (χ1) is 10.0. The Labute approximate surface area is 121 Å². The maximum Gasteiger partial charge on any atom is 0.356 e. The standard InChI is InChI=1S/C13H18N4O4/c14-13(15)16-8-4-7-10(11(18)19)17-21-12(20)9-5-2-1-3-6-9/h1-3,5-6,10,17H,4,7-8H2,(H,18,19)(H4,14,15,16). The Morgan fingerprint density at radius 1 is 1.29 bits per heavy atom. The van der Waals surface area contributed by atoms with Crippen molar-refractivity contribution >= 4 is 17.9 Å². The fourth-order valence-corrected chi connectivity index (χ4v) is 1.49. The molecule has 0 aliphatic rings. The van der Waals surface area contributed by atoms with E-state index in [1.807, 2.05) is 0 Å². The molecule has 8 heteroatoms. The van der Waals surface area contributed by atoms with Crippen LogP contribution in [0.3, 0.4) is 0 Å². The van der Waals surface area contributed by atoms with Crippen LogP contribution in [0, 0.1) is 0 Å². The predicted molar refractivity (Wildman–Crippen MR) is 76.3 cm³/mol. The molecule has 0 spiro atoms. The molecule has 1 aromatic rings. The molecule has 0 heterocycles. The number of carbonyl (C=O) groups excluding carboxylic acids is 1. The van der Waals surface area contributed by atoms with Crippen LogP contribution in [0.2, 0.25) is 0 Å². The minimum atomic E-state index is -1.12. The third-order valence-electron chi connectivity index (χ3n) is 2.55. The van der Waals surface area contributed by atoms with Gasteiger partial charge in [0.1, 0.15) is 6.04 Å². The highest BCUT2D eigenvalue weighted by Crippen LogP contribution is 2.02. The average molecular weight is 294 g/mol. The molecule has 1 atom stereocenters. The number of carboxylic acids is 1. The summed E-state index contributed by atoms with van der Waals surface area (Å²) in [7, 11) is 0. The molecule has 1 aromatic carbocycles. The third-order valence-corrected chi connectivity index (χ3v) is 2.55. The Morgan fingerprint density at radius 2 is 1.95 bits per heavy atom. The lowest BCUT2D eigenvalue weighted by Gasteiger charge is -2.13. The Hall–Kier alpha value is -2.61. The number of carboxylic acid groups (broad SMARTS) is 1. The van der Waals surface area contributed by atoms with E-state index in [1.54, 1.807) is 30.3 Å². The summed E-state index contributed by atoms with van der Waals surface area (Å²) in [6, 6.07) is 7.23. The van der Waals surface area contributed by atoms with Crippen LogP contribution in [0.1, 0.15) is 23.2 Å². The van der Waals surface area contributed by atoms with Gasteiger partial charge in [-0.25, -0.2) is 4.79 Å². The number of aliphatic carboxylic acids is 1. The molecule has 114 valence electrons. The predicted octanol–water partition coefficient (Wildman–Crippen LogP) is -0.145. The van der Waals surface area contributed by atoms with Crippen molar-refractivity contribution in [3.05, 3.63) is 35.9 Å². The van der Waals surface area contributed by atoms with E-state index in [4.69, 9.17) is 21.4 Å². The first-order valence-corrected chi connectivity index (χ1v) is 6.30. The first-order valence-electron chi connectivity index (χ1n) is 6.30. The van der Waals surface area contributed by atoms with Crippen molar-refractivity contribution in [2.45, 2.75) is 18.9 Å². The fraction of sp³-hybridized carbons (Fsp3) is 0.308. The largest absolute Gasteiger partial charge is 0.480 e. The van der Waals surface area contributed by atoms with Crippen molar-refractivity contribution in [2.24, 2.45) is 16.5 Å². The number of nitrogens with zero attached hydrogens (tertiary/aromatic N) is 1. The van der Waals surface area contributed by atoms with Gasteiger partial charge in [0, 0.05) is 6.54 Å². The van der Waals surface area contributed by atoms with Gasteiger partial charge in [0.25, 0.3) is 0 Å². The van der Waals surface area contributed by atoms with Gasteiger partial charge in [-0.2, -0.15) is 0 Å². The maximum atomic E-state index is 11.7. The van der Waals surface area contributed by atoms with Crippen LogP contribution >= 0.6 is 0 Å². The van der Waals surface area contributed by atoms with Crippen molar-refractivity contribution in [1.29, 1.82) is 0 Å². The van der Waals surface area contributed by atoms with Crippen LogP contribution < -0.4 is 16.9 Å². The van der Waals surface area contributed by atoms with Crippen molar-refractivity contribution in [3.8, 4) is 0 Å². The summed E-state index contributed by atoms with van der Waals surface area (Å²) in [5, 5.41) is 9.03. The number of hydrogen-bond donors (Lipinski definition) is 4. The molecule has 0 saturated heterocycles. The topological polar surface area (TPSA) is 140 Å². The minimum Gasteiger partial charge on any atom is -0.480 e. The van der Waals surface area contributed by atoms with E-state index in [0.717, 1.165) is 0 Å². The number of benzene rings is 1. The summed E-state index contributed by atoms with van der Waals surface area (Å²) >= 11 is 0. The smallest absolute Gasteiger partial charge is 0.356 e. The van der Waals surface area contributed by atoms with Gasteiger partial charge in [-0.15, -0.1) is 5.48 Å². The molecule has 8 nitrogen and oxygen atoms in total. The van der Waals surface area contributed by atoms with E-state index in [0.29, 0.717) is 18.5 Å². The lowest BCUT2D eigenvalue weighted by Crippen LogP contribution is -2.38. The summed E-state index contributed by atoms with van der Waals surface area (Å²) in [6.07, 6.45) is 0.652. The van der Waals surface area contributed by atoms with Gasteiger partial charge in [-0.1, -0.05) is 18.2 Å². The molecule has 0 amide bonds. The number of rotatable bonds is 8. The molecule has 0 aliphatic heterocycles. The maximum absolute atomic E-state index is 11.7. The van der Waals surface area contributed by atoms with E-state index in [-0.39, 0.29) is 12.4 Å². The highest BCUT2D eigenvalue weighted by atomic mass is 16.7. The fourth-order valence-electron chi connectivity index (χ4n) is 1.49. The molecule has 0 aliphatic carbocycles. The van der Waals surface area contributed by atoms with Crippen LogP contribution in [-0.2, 0) is 9.63 Å². The summed E-state index contributed by atoms with van der Waals surface area (Å²) in [5.41, 5.74) is 12.9. The second-order valence-electron chi connectivity index (χ2n) is 4.21. The quantitative estimate of drug-likeness (QED) is 0.226. The highest BCUT2D eigenvalue weighted by molar-refractivity contribution is 5.89. The zero-order valence-electron chi connectivity index (χ0n) is 11.4. The van der Waals surface area contributed by atoms with Crippen LogP contribution in [0.15, 0.2) is 35.3 Å². The van der Waals surface area contributed by atoms with Crippen molar-refractivity contribution in [2.75, 3.05) is 6.54 Å². The molecule has 6 N–H and O–H groups in total. The van der Waals surface area contributed by atoms with Crippen LogP contribution in [0.5, 0.6) is 0 Å². The number of carbonyl (C=O) groups is 2. The Morgan fingerprint density at radius 3 is 2.52 bits per heavy atom.